The zero-order valence-corrected chi connectivity index (χ0v) is 18.1. The molecule has 1 heterocycles. The third-order valence-electron chi connectivity index (χ3n) is 5.52. The number of hydrogen-bond acceptors (Lipinski definition) is 4. The molecule has 1 aliphatic rings. The summed E-state index contributed by atoms with van der Waals surface area (Å²) < 4.78 is 5.59. The molecule has 0 saturated carbocycles. The summed E-state index contributed by atoms with van der Waals surface area (Å²) in [6, 6.07) is 15.2. The molecule has 3 rings (SSSR count). The molecule has 1 saturated heterocycles. The normalized spacial score (nSPS) is 18.9. The van der Waals surface area contributed by atoms with Crippen molar-refractivity contribution in [1.29, 1.82) is 0 Å². The number of benzene rings is 2. The molecule has 0 spiro atoms. The number of likely N-dealkylation sites (N-methyl/N-ethyl adjacent to an activating group) is 1. The first kappa shape index (κ1) is 22.1. The molecule has 1 fully saturated rings. The first-order valence-electron chi connectivity index (χ1n) is 10.0. The molecule has 0 bridgehead atoms. The fourth-order valence-corrected chi connectivity index (χ4v) is 3.96. The second-order valence-electron chi connectivity index (χ2n) is 7.88. The second-order valence-corrected chi connectivity index (χ2v) is 8.32. The van der Waals surface area contributed by atoms with Crippen molar-refractivity contribution in [1.82, 2.24) is 9.80 Å². The van der Waals surface area contributed by atoms with Crippen LogP contribution in [0, 0.1) is 5.92 Å². The van der Waals surface area contributed by atoms with E-state index in [2.05, 4.69) is 4.90 Å². The Kier molecular flexibility index (Phi) is 7.34. The zero-order valence-electron chi connectivity index (χ0n) is 17.4. The lowest BCUT2D eigenvalue weighted by Gasteiger charge is -2.19. The number of nitrogens with two attached hydrogens (primary N) is 1. The van der Waals surface area contributed by atoms with E-state index in [1.807, 2.05) is 31.3 Å². The molecule has 7 heteroatoms. The molecule has 0 unspecified atom stereocenters. The van der Waals surface area contributed by atoms with Crippen LogP contribution < -0.4 is 10.5 Å². The van der Waals surface area contributed by atoms with Gasteiger partial charge in [-0.1, -0.05) is 35.9 Å². The second kappa shape index (κ2) is 9.96. The van der Waals surface area contributed by atoms with Crippen LogP contribution in [0.25, 0.3) is 0 Å². The maximum absolute atomic E-state index is 12.4. The van der Waals surface area contributed by atoms with Gasteiger partial charge in [-0.25, -0.2) is 0 Å². The van der Waals surface area contributed by atoms with E-state index in [0.29, 0.717) is 36.9 Å². The van der Waals surface area contributed by atoms with Gasteiger partial charge < -0.3 is 20.3 Å². The minimum absolute atomic E-state index is 0.0132. The summed E-state index contributed by atoms with van der Waals surface area (Å²) >= 11 is 5.85. The predicted octanol–water partition coefficient (Wildman–Crippen LogP) is 2.90. The lowest BCUT2D eigenvalue weighted by atomic mass is 9.88. The number of carbonyl (C=O) groups excluding carboxylic acids is 2. The number of ether oxygens (including phenoxy) is 1. The van der Waals surface area contributed by atoms with Crippen molar-refractivity contribution in [3.8, 4) is 5.75 Å². The summed E-state index contributed by atoms with van der Waals surface area (Å²) in [6.07, 6.45) is 0.298. The fourth-order valence-electron chi connectivity index (χ4n) is 3.84. The van der Waals surface area contributed by atoms with Gasteiger partial charge >= 0.3 is 0 Å². The van der Waals surface area contributed by atoms with E-state index in [4.69, 9.17) is 22.1 Å². The van der Waals surface area contributed by atoms with Gasteiger partial charge in [0.2, 0.25) is 11.8 Å². The van der Waals surface area contributed by atoms with Gasteiger partial charge in [0, 0.05) is 37.6 Å². The lowest BCUT2D eigenvalue weighted by Crippen LogP contribution is -2.29. The van der Waals surface area contributed by atoms with Crippen LogP contribution in [0.3, 0.4) is 0 Å². The van der Waals surface area contributed by atoms with E-state index in [1.165, 1.54) is 0 Å². The summed E-state index contributed by atoms with van der Waals surface area (Å²) in [5, 5.41) is 0.647. The van der Waals surface area contributed by atoms with Crippen LogP contribution in [0.1, 0.15) is 23.5 Å². The molecule has 160 valence electrons. The van der Waals surface area contributed by atoms with Gasteiger partial charge in [-0.3, -0.25) is 9.59 Å². The lowest BCUT2D eigenvalue weighted by molar-refractivity contribution is -0.131. The average Bonchev–Trinajstić information content (AvgIpc) is 3.12. The number of rotatable bonds is 8. The monoisotopic (exact) mass is 429 g/mol. The highest BCUT2D eigenvalue weighted by Crippen LogP contribution is 2.32. The minimum atomic E-state index is -0.250. The molecule has 6 nitrogen and oxygen atoms in total. The SMILES string of the molecule is CN1C[C@H](C(N)=O)[C@@H](c2ccc(CN(C)C(=O)CCOc3ccc(Cl)cc3)cc2)C1. The van der Waals surface area contributed by atoms with Gasteiger partial charge in [0.05, 0.1) is 18.9 Å². The van der Waals surface area contributed by atoms with Crippen molar-refractivity contribution in [3.63, 3.8) is 0 Å². The van der Waals surface area contributed by atoms with Gasteiger partial charge in [-0.15, -0.1) is 0 Å². The molecule has 1 aliphatic heterocycles. The maximum atomic E-state index is 12.4. The molecule has 0 aliphatic carbocycles. The number of hydrogen-bond donors (Lipinski definition) is 1. The van der Waals surface area contributed by atoms with Crippen molar-refractivity contribution in [2.24, 2.45) is 11.7 Å². The van der Waals surface area contributed by atoms with E-state index >= 15 is 0 Å². The number of likely N-dealkylation sites (tertiary alicyclic amines) is 1. The Hall–Kier alpha value is -2.57. The summed E-state index contributed by atoms with van der Waals surface area (Å²) in [7, 11) is 3.79. The molecular weight excluding hydrogens is 402 g/mol. The van der Waals surface area contributed by atoms with Crippen LogP contribution in [0.4, 0.5) is 0 Å². The van der Waals surface area contributed by atoms with Crippen molar-refractivity contribution < 1.29 is 14.3 Å². The largest absolute Gasteiger partial charge is 0.493 e. The standard InChI is InChI=1S/C23H28ClN3O3/c1-26-14-20(21(15-26)23(25)29)17-5-3-16(4-6-17)13-27(2)22(28)11-12-30-19-9-7-18(24)8-10-19/h3-10,20-21H,11-15H2,1-2H3,(H2,25,29)/t20-,21+/m1/s1. The third-order valence-corrected chi connectivity index (χ3v) is 5.77. The number of primary amides is 1. The number of nitrogens with zero attached hydrogens (tertiary/aromatic N) is 2. The Morgan fingerprint density at radius 1 is 1.13 bits per heavy atom. The Balaban J connectivity index is 1.50. The maximum Gasteiger partial charge on any atom is 0.226 e. The molecule has 2 N–H and O–H groups in total. The minimum Gasteiger partial charge on any atom is -0.493 e. The van der Waals surface area contributed by atoms with E-state index in [-0.39, 0.29) is 23.7 Å². The molecular formula is C23H28ClN3O3. The Bertz CT molecular complexity index is 870. The van der Waals surface area contributed by atoms with Crippen LogP contribution in [0.5, 0.6) is 5.75 Å². The fraction of sp³-hybridized carbons (Fsp3) is 0.391. The first-order valence-corrected chi connectivity index (χ1v) is 10.4. The molecule has 30 heavy (non-hydrogen) atoms. The molecule has 2 aromatic carbocycles. The number of carbonyl (C=O) groups is 2. The Morgan fingerprint density at radius 3 is 2.43 bits per heavy atom. The van der Waals surface area contributed by atoms with Crippen molar-refractivity contribution >= 4 is 23.4 Å². The first-order chi connectivity index (χ1) is 14.3. The van der Waals surface area contributed by atoms with Gasteiger partial charge in [0.1, 0.15) is 5.75 Å². The smallest absolute Gasteiger partial charge is 0.226 e. The van der Waals surface area contributed by atoms with Crippen LogP contribution >= 0.6 is 11.6 Å². The van der Waals surface area contributed by atoms with Gasteiger partial charge in [0.25, 0.3) is 0 Å². The number of halogens is 1. The predicted molar refractivity (Wildman–Crippen MR) is 117 cm³/mol. The molecule has 0 radical (unpaired) electrons. The van der Waals surface area contributed by atoms with Crippen molar-refractivity contribution in [2.75, 3.05) is 33.8 Å². The van der Waals surface area contributed by atoms with Crippen molar-refractivity contribution in [2.45, 2.75) is 18.9 Å². The van der Waals surface area contributed by atoms with Crippen LogP contribution in [-0.4, -0.2) is 55.4 Å². The highest BCUT2D eigenvalue weighted by atomic mass is 35.5. The third kappa shape index (κ3) is 5.74. The van der Waals surface area contributed by atoms with Gasteiger partial charge in [0.15, 0.2) is 0 Å². The van der Waals surface area contributed by atoms with Crippen molar-refractivity contribution in [3.05, 3.63) is 64.7 Å². The van der Waals surface area contributed by atoms with Crippen LogP contribution in [0.2, 0.25) is 5.02 Å². The van der Waals surface area contributed by atoms with Gasteiger partial charge in [-0.2, -0.15) is 0 Å². The summed E-state index contributed by atoms with van der Waals surface area (Å²) in [4.78, 5) is 28.0. The van der Waals surface area contributed by atoms with Crippen LogP contribution in [0.15, 0.2) is 48.5 Å². The van der Waals surface area contributed by atoms with Crippen LogP contribution in [-0.2, 0) is 16.1 Å². The molecule has 2 aromatic rings. The summed E-state index contributed by atoms with van der Waals surface area (Å²) in [5.74, 6) is 0.410. The summed E-state index contributed by atoms with van der Waals surface area (Å²) in [5.41, 5.74) is 7.72. The highest BCUT2D eigenvalue weighted by molar-refractivity contribution is 6.30. The highest BCUT2D eigenvalue weighted by Gasteiger charge is 2.35. The van der Waals surface area contributed by atoms with E-state index < -0.39 is 0 Å². The zero-order chi connectivity index (χ0) is 21.7. The van der Waals surface area contributed by atoms with E-state index in [1.54, 1.807) is 36.2 Å². The molecule has 2 atom stereocenters. The number of amides is 2. The summed E-state index contributed by atoms with van der Waals surface area (Å²) in [6.45, 7) is 2.34. The Labute approximate surface area is 182 Å². The molecule has 2 amide bonds. The average molecular weight is 430 g/mol. The van der Waals surface area contributed by atoms with E-state index in [0.717, 1.165) is 17.7 Å². The molecule has 0 aromatic heterocycles. The van der Waals surface area contributed by atoms with E-state index in [9.17, 15) is 9.59 Å². The quantitative estimate of drug-likeness (QED) is 0.700. The Morgan fingerprint density at radius 2 is 1.80 bits per heavy atom. The van der Waals surface area contributed by atoms with Gasteiger partial charge in [-0.05, 0) is 42.4 Å². The topological polar surface area (TPSA) is 75.9 Å².